The van der Waals surface area contributed by atoms with Gasteiger partial charge in [-0.15, -0.1) is 0 Å². The SMILES string of the molecule is O=C(c1ccc2nc(-c3ccccc3)c(CCCC(F)(F)C(=O)O)nc2c1)N1CCN(c2ccccc2)CC1. The summed E-state index contributed by atoms with van der Waals surface area (Å²) in [7, 11) is 0. The van der Waals surface area contributed by atoms with Crippen LogP contribution in [0, 0.1) is 0 Å². The standard InChI is InChI=1S/C30H28F2N4O3/c31-30(32,29(38)39)15-7-12-25-27(21-8-3-1-4-9-21)34-24-14-13-22(20-26(24)33-25)28(37)36-18-16-35(17-19-36)23-10-5-2-6-11-23/h1-6,8-11,13-14,20H,7,12,15-19H2,(H,38,39). The molecule has 2 heterocycles. The van der Waals surface area contributed by atoms with Crippen molar-refractivity contribution in [3.05, 3.63) is 90.1 Å². The fourth-order valence-corrected chi connectivity index (χ4v) is 4.80. The molecular formula is C30H28F2N4O3. The van der Waals surface area contributed by atoms with Crippen LogP contribution < -0.4 is 4.90 Å². The van der Waals surface area contributed by atoms with Gasteiger partial charge in [-0.2, -0.15) is 8.78 Å². The van der Waals surface area contributed by atoms with Crippen molar-refractivity contribution < 1.29 is 23.5 Å². The third kappa shape index (κ3) is 5.87. The molecule has 4 aromatic rings. The van der Waals surface area contributed by atoms with Gasteiger partial charge in [-0.25, -0.2) is 14.8 Å². The van der Waals surface area contributed by atoms with E-state index in [1.807, 2.05) is 53.4 Å². The quantitative estimate of drug-likeness (QED) is 0.333. The highest BCUT2D eigenvalue weighted by Gasteiger charge is 2.37. The number of aromatic nitrogens is 2. The molecule has 0 unspecified atom stereocenters. The first-order valence-electron chi connectivity index (χ1n) is 12.9. The third-order valence-corrected chi connectivity index (χ3v) is 6.94. The average Bonchev–Trinajstić information content (AvgIpc) is 2.97. The largest absolute Gasteiger partial charge is 0.477 e. The van der Waals surface area contributed by atoms with E-state index in [9.17, 15) is 18.4 Å². The highest BCUT2D eigenvalue weighted by molar-refractivity contribution is 5.97. The molecule has 0 saturated carbocycles. The maximum atomic E-state index is 13.7. The lowest BCUT2D eigenvalue weighted by Crippen LogP contribution is -2.48. The van der Waals surface area contributed by atoms with E-state index in [1.165, 1.54) is 0 Å². The summed E-state index contributed by atoms with van der Waals surface area (Å²) in [5.74, 6) is -6.04. The van der Waals surface area contributed by atoms with E-state index in [0.29, 0.717) is 41.1 Å². The second-order valence-corrected chi connectivity index (χ2v) is 9.57. The van der Waals surface area contributed by atoms with Crippen molar-refractivity contribution in [3.63, 3.8) is 0 Å². The number of carboxylic acid groups (broad SMARTS) is 1. The van der Waals surface area contributed by atoms with Gasteiger partial charge in [0, 0.05) is 49.4 Å². The van der Waals surface area contributed by atoms with Crippen LogP contribution in [-0.4, -0.2) is 64.0 Å². The molecule has 1 aliphatic rings. The fourth-order valence-electron chi connectivity index (χ4n) is 4.80. The summed E-state index contributed by atoms with van der Waals surface area (Å²) in [6.07, 6.45) is -0.761. The number of carbonyl (C=O) groups excluding carboxylic acids is 1. The molecule has 0 spiro atoms. The number of para-hydroxylation sites is 1. The summed E-state index contributed by atoms with van der Waals surface area (Å²) in [5.41, 5.74) is 4.51. The molecule has 0 aliphatic carbocycles. The Kier molecular flexibility index (Phi) is 7.49. The number of alkyl halides is 2. The Balaban J connectivity index is 1.38. The van der Waals surface area contributed by atoms with Gasteiger partial charge in [-0.3, -0.25) is 4.79 Å². The number of piperazine rings is 1. The van der Waals surface area contributed by atoms with Crippen molar-refractivity contribution >= 4 is 28.6 Å². The Bertz CT molecular complexity index is 1470. The smallest absolute Gasteiger partial charge is 0.374 e. The predicted molar refractivity (Wildman–Crippen MR) is 145 cm³/mol. The van der Waals surface area contributed by atoms with Crippen LogP contribution in [0.5, 0.6) is 0 Å². The number of aryl methyl sites for hydroxylation is 1. The van der Waals surface area contributed by atoms with E-state index >= 15 is 0 Å². The molecule has 39 heavy (non-hydrogen) atoms. The minimum Gasteiger partial charge on any atom is -0.477 e. The van der Waals surface area contributed by atoms with Gasteiger partial charge >= 0.3 is 11.9 Å². The summed E-state index contributed by atoms with van der Waals surface area (Å²) in [6.45, 7) is 2.64. The minimum atomic E-state index is -3.80. The lowest BCUT2D eigenvalue weighted by molar-refractivity contribution is -0.165. The molecular weight excluding hydrogens is 502 g/mol. The fraction of sp³-hybridized carbons (Fsp3) is 0.267. The molecule has 0 atom stereocenters. The molecule has 1 aliphatic heterocycles. The van der Waals surface area contributed by atoms with Gasteiger partial charge in [0.05, 0.1) is 22.4 Å². The van der Waals surface area contributed by atoms with Crippen LogP contribution in [0.3, 0.4) is 0 Å². The number of rotatable bonds is 8. The van der Waals surface area contributed by atoms with Crippen LogP contribution in [0.1, 0.15) is 28.9 Å². The number of carbonyl (C=O) groups is 2. The first-order valence-corrected chi connectivity index (χ1v) is 12.9. The summed E-state index contributed by atoms with van der Waals surface area (Å²) in [6, 6.07) is 24.6. The zero-order valence-electron chi connectivity index (χ0n) is 21.3. The molecule has 1 N–H and O–H groups in total. The predicted octanol–water partition coefficient (Wildman–Crippen LogP) is 5.30. The van der Waals surface area contributed by atoms with Crippen molar-refractivity contribution in [2.24, 2.45) is 0 Å². The Morgan fingerprint density at radius 1 is 0.846 bits per heavy atom. The molecule has 0 radical (unpaired) electrons. The van der Waals surface area contributed by atoms with Crippen LogP contribution in [0.25, 0.3) is 22.3 Å². The average molecular weight is 531 g/mol. The van der Waals surface area contributed by atoms with E-state index in [2.05, 4.69) is 17.0 Å². The van der Waals surface area contributed by atoms with Crippen molar-refractivity contribution in [2.75, 3.05) is 31.1 Å². The van der Waals surface area contributed by atoms with E-state index in [4.69, 9.17) is 15.1 Å². The van der Waals surface area contributed by atoms with Crippen LogP contribution in [-0.2, 0) is 11.2 Å². The molecule has 0 bridgehead atoms. The highest BCUT2D eigenvalue weighted by Crippen LogP contribution is 2.28. The van der Waals surface area contributed by atoms with Gasteiger partial charge in [-0.1, -0.05) is 48.5 Å². The minimum absolute atomic E-state index is 0.0797. The molecule has 200 valence electrons. The number of anilines is 1. The van der Waals surface area contributed by atoms with Gasteiger partial charge in [0.2, 0.25) is 0 Å². The number of nitrogens with zero attached hydrogens (tertiary/aromatic N) is 4. The topological polar surface area (TPSA) is 86.6 Å². The summed E-state index contributed by atoms with van der Waals surface area (Å²) in [4.78, 5) is 37.7. The Morgan fingerprint density at radius 3 is 2.18 bits per heavy atom. The van der Waals surface area contributed by atoms with E-state index in [1.54, 1.807) is 18.2 Å². The Hall–Kier alpha value is -4.40. The van der Waals surface area contributed by atoms with Crippen molar-refractivity contribution in [1.82, 2.24) is 14.9 Å². The zero-order chi connectivity index (χ0) is 27.4. The maximum Gasteiger partial charge on any atom is 0.374 e. The number of halogens is 2. The van der Waals surface area contributed by atoms with Gasteiger partial charge < -0.3 is 14.9 Å². The highest BCUT2D eigenvalue weighted by atomic mass is 19.3. The summed E-state index contributed by atoms with van der Waals surface area (Å²) in [5, 5.41) is 8.76. The Morgan fingerprint density at radius 2 is 1.51 bits per heavy atom. The number of amides is 1. The first-order chi connectivity index (χ1) is 18.8. The second-order valence-electron chi connectivity index (χ2n) is 9.57. The van der Waals surface area contributed by atoms with Crippen LogP contribution in [0.15, 0.2) is 78.9 Å². The number of aliphatic carboxylic acids is 1. The van der Waals surface area contributed by atoms with E-state index in [-0.39, 0.29) is 18.7 Å². The van der Waals surface area contributed by atoms with Gasteiger partial charge in [0.25, 0.3) is 5.91 Å². The molecule has 5 rings (SSSR count). The maximum absolute atomic E-state index is 13.7. The number of hydrogen-bond acceptors (Lipinski definition) is 5. The monoisotopic (exact) mass is 530 g/mol. The zero-order valence-corrected chi connectivity index (χ0v) is 21.3. The molecule has 1 saturated heterocycles. The Labute approximate surface area is 224 Å². The number of benzene rings is 3. The van der Waals surface area contributed by atoms with E-state index < -0.39 is 18.3 Å². The normalized spacial score (nSPS) is 14.0. The first kappa shape index (κ1) is 26.2. The van der Waals surface area contributed by atoms with Crippen molar-refractivity contribution in [3.8, 4) is 11.3 Å². The van der Waals surface area contributed by atoms with Crippen molar-refractivity contribution in [1.29, 1.82) is 0 Å². The van der Waals surface area contributed by atoms with Crippen molar-refractivity contribution in [2.45, 2.75) is 25.2 Å². The van der Waals surface area contributed by atoms with Gasteiger partial charge in [-0.05, 0) is 43.2 Å². The number of carboxylic acids is 1. The lowest BCUT2D eigenvalue weighted by atomic mass is 10.0. The van der Waals surface area contributed by atoms with Crippen LogP contribution in [0.2, 0.25) is 0 Å². The molecule has 1 aromatic heterocycles. The lowest BCUT2D eigenvalue weighted by Gasteiger charge is -2.36. The van der Waals surface area contributed by atoms with Gasteiger partial charge in [0.15, 0.2) is 0 Å². The van der Waals surface area contributed by atoms with Crippen LogP contribution >= 0.6 is 0 Å². The van der Waals surface area contributed by atoms with Crippen LogP contribution in [0.4, 0.5) is 14.5 Å². The molecule has 1 fully saturated rings. The number of fused-ring (bicyclic) bond motifs is 1. The van der Waals surface area contributed by atoms with Gasteiger partial charge in [0.1, 0.15) is 0 Å². The molecule has 7 nitrogen and oxygen atoms in total. The van der Waals surface area contributed by atoms with E-state index in [0.717, 1.165) is 24.3 Å². The summed E-state index contributed by atoms with van der Waals surface area (Å²) < 4.78 is 27.4. The second kappa shape index (κ2) is 11.1. The third-order valence-electron chi connectivity index (χ3n) is 6.94. The molecule has 9 heteroatoms. The summed E-state index contributed by atoms with van der Waals surface area (Å²) >= 11 is 0. The number of hydrogen-bond donors (Lipinski definition) is 1. The molecule has 3 aromatic carbocycles. The molecule has 1 amide bonds.